The average molecular weight is 210 g/mol. The summed E-state index contributed by atoms with van der Waals surface area (Å²) in [5.41, 5.74) is 8.04. The van der Waals surface area contributed by atoms with Crippen LogP contribution in [0.15, 0.2) is 24.3 Å². The molecule has 0 aliphatic carbocycles. The van der Waals surface area contributed by atoms with Crippen molar-refractivity contribution in [2.45, 2.75) is 0 Å². The summed E-state index contributed by atoms with van der Waals surface area (Å²) < 4.78 is 5.28. The lowest BCUT2D eigenvalue weighted by Crippen LogP contribution is -2.31. The fraction of sp³-hybridized carbons (Fsp3) is 0.222. The van der Waals surface area contributed by atoms with Gasteiger partial charge in [0.15, 0.2) is 6.73 Å². The first-order valence-corrected chi connectivity index (χ1v) is 4.41. The first-order valence-electron chi connectivity index (χ1n) is 4.41. The summed E-state index contributed by atoms with van der Waals surface area (Å²) in [6.45, 7) is 0.346. The van der Waals surface area contributed by atoms with Gasteiger partial charge in [0.05, 0.1) is 0 Å². The monoisotopic (exact) mass is 210 g/mol. The van der Waals surface area contributed by atoms with Gasteiger partial charge >= 0.3 is 0 Å². The first kappa shape index (κ1) is 11.4. The molecule has 82 valence electrons. The Balaban J connectivity index is 2.52. The molecule has 0 atom stereocenters. The number of amides is 1. The molecule has 0 saturated carbocycles. The maximum absolute atomic E-state index is 11.1. The van der Waals surface area contributed by atoms with Crippen molar-refractivity contribution in [2.75, 3.05) is 13.8 Å². The number of nitrogen functional groups attached to an aromatic ring is 1. The third kappa shape index (κ3) is 3.55. The van der Waals surface area contributed by atoms with E-state index in [0.29, 0.717) is 18.0 Å². The molecular weight excluding hydrogens is 196 g/mol. The van der Waals surface area contributed by atoms with Crippen LogP contribution in [0.25, 0.3) is 0 Å². The summed E-state index contributed by atoms with van der Waals surface area (Å²) in [5, 5.41) is 0. The highest BCUT2D eigenvalue weighted by Gasteiger charge is 2.02. The molecule has 1 aromatic carbocycles. The lowest BCUT2D eigenvalue weighted by molar-refractivity contribution is 0.0953. The first-order chi connectivity index (χ1) is 7.27. The second-order valence-corrected chi connectivity index (χ2v) is 2.71. The Morgan fingerprint density at radius 3 is 2.60 bits per heavy atom. The van der Waals surface area contributed by atoms with Crippen LogP contribution in [-0.4, -0.2) is 19.7 Å². The largest absolute Gasteiger partial charge is 0.477 e. The molecule has 1 amide bonds. The maximum atomic E-state index is 11.1. The van der Waals surface area contributed by atoms with E-state index in [4.69, 9.17) is 10.6 Å². The van der Waals surface area contributed by atoms with Crippen molar-refractivity contribution in [1.29, 1.82) is 0 Å². The highest BCUT2D eigenvalue weighted by atomic mass is 16.5. The van der Waals surface area contributed by atoms with Crippen molar-refractivity contribution in [3.05, 3.63) is 29.8 Å². The zero-order valence-electron chi connectivity index (χ0n) is 8.41. The zero-order valence-corrected chi connectivity index (χ0v) is 8.41. The van der Waals surface area contributed by atoms with Crippen LogP contribution in [0.4, 0.5) is 0 Å². The number of nitrogens with two attached hydrogens (primary N) is 1. The summed E-state index contributed by atoms with van der Waals surface area (Å²) in [6, 6.07) is 6.66. The predicted octanol–water partition coefficient (Wildman–Crippen LogP) is -0.650. The van der Waals surface area contributed by atoms with Crippen molar-refractivity contribution >= 4 is 5.91 Å². The second kappa shape index (κ2) is 5.97. The molecule has 1 aromatic rings. The topological polar surface area (TPSA) is 88.4 Å². The number of ether oxygens (including phenoxy) is 1. The molecule has 0 aliphatic heterocycles. The minimum atomic E-state index is -0.324. The van der Waals surface area contributed by atoms with E-state index in [1.807, 2.05) is 0 Å². The summed E-state index contributed by atoms with van der Waals surface area (Å²) in [6.07, 6.45) is 0. The number of benzene rings is 1. The lowest BCUT2D eigenvalue weighted by atomic mass is 10.2. The molecule has 15 heavy (non-hydrogen) atoms. The van der Waals surface area contributed by atoms with Crippen LogP contribution in [0.5, 0.6) is 5.75 Å². The molecule has 0 bridgehead atoms. The van der Waals surface area contributed by atoms with Crippen molar-refractivity contribution in [1.82, 2.24) is 16.3 Å². The van der Waals surface area contributed by atoms with Gasteiger partial charge in [-0.15, -0.1) is 0 Å². The number of hydrogen-bond donors (Lipinski definition) is 4. The third-order valence-corrected chi connectivity index (χ3v) is 1.74. The van der Waals surface area contributed by atoms with E-state index in [1.165, 1.54) is 0 Å². The Labute approximate surface area is 87.7 Å². The van der Waals surface area contributed by atoms with Crippen LogP contribution in [0.3, 0.4) is 0 Å². The van der Waals surface area contributed by atoms with E-state index in [0.717, 1.165) is 0 Å². The summed E-state index contributed by atoms with van der Waals surface area (Å²) >= 11 is 0. The lowest BCUT2D eigenvalue weighted by Gasteiger charge is -2.07. The van der Waals surface area contributed by atoms with Gasteiger partial charge in [-0.25, -0.2) is 11.3 Å². The Bertz CT molecular complexity index is 312. The molecule has 6 heteroatoms. The van der Waals surface area contributed by atoms with Gasteiger partial charge in [0, 0.05) is 5.56 Å². The second-order valence-electron chi connectivity index (χ2n) is 2.71. The van der Waals surface area contributed by atoms with Gasteiger partial charge in [0.2, 0.25) is 0 Å². The Kier molecular flexibility index (Phi) is 4.55. The van der Waals surface area contributed by atoms with Crippen LogP contribution in [0.2, 0.25) is 0 Å². The van der Waals surface area contributed by atoms with Gasteiger partial charge in [0.25, 0.3) is 5.91 Å². The van der Waals surface area contributed by atoms with Crippen LogP contribution >= 0.6 is 0 Å². The van der Waals surface area contributed by atoms with E-state index < -0.39 is 0 Å². The van der Waals surface area contributed by atoms with E-state index >= 15 is 0 Å². The predicted molar refractivity (Wildman–Crippen MR) is 55.8 cm³/mol. The Morgan fingerprint density at radius 1 is 1.40 bits per heavy atom. The van der Waals surface area contributed by atoms with E-state index in [-0.39, 0.29) is 5.91 Å². The minimum absolute atomic E-state index is 0.324. The SMILES string of the molecule is CNNCOc1ccc(C(=O)NN)cc1. The number of nitrogens with one attached hydrogen (secondary N) is 3. The number of rotatable bonds is 5. The molecule has 0 fully saturated rings. The molecule has 0 spiro atoms. The van der Waals surface area contributed by atoms with Crippen LogP contribution in [-0.2, 0) is 0 Å². The fourth-order valence-corrected chi connectivity index (χ4v) is 0.977. The molecule has 6 nitrogen and oxygen atoms in total. The molecule has 0 aromatic heterocycles. The Morgan fingerprint density at radius 2 is 2.07 bits per heavy atom. The highest BCUT2D eigenvalue weighted by Crippen LogP contribution is 2.11. The standard InChI is InChI=1S/C9H14N4O2/c1-11-12-6-15-8-4-2-7(3-5-8)9(14)13-10/h2-5,11-12H,6,10H2,1H3,(H,13,14). The fourth-order valence-electron chi connectivity index (χ4n) is 0.977. The molecule has 5 N–H and O–H groups in total. The Hall–Kier alpha value is -1.63. The summed E-state index contributed by atoms with van der Waals surface area (Å²) in [5.74, 6) is 5.34. The van der Waals surface area contributed by atoms with Gasteiger partial charge < -0.3 is 4.74 Å². The summed E-state index contributed by atoms with van der Waals surface area (Å²) in [4.78, 5) is 11.1. The van der Waals surface area contributed by atoms with E-state index in [2.05, 4.69) is 16.3 Å². The quantitative estimate of drug-likeness (QED) is 0.170. The molecule has 0 unspecified atom stereocenters. The smallest absolute Gasteiger partial charge is 0.265 e. The van der Waals surface area contributed by atoms with E-state index in [1.54, 1.807) is 31.3 Å². The third-order valence-electron chi connectivity index (χ3n) is 1.74. The molecule has 0 heterocycles. The van der Waals surface area contributed by atoms with Crippen LogP contribution < -0.4 is 26.9 Å². The zero-order chi connectivity index (χ0) is 11.1. The highest BCUT2D eigenvalue weighted by molar-refractivity contribution is 5.93. The number of carbonyl (C=O) groups excluding carboxylic acids is 1. The van der Waals surface area contributed by atoms with Gasteiger partial charge in [-0.1, -0.05) is 0 Å². The molecule has 0 radical (unpaired) electrons. The van der Waals surface area contributed by atoms with Crippen molar-refractivity contribution in [3.8, 4) is 5.75 Å². The maximum Gasteiger partial charge on any atom is 0.265 e. The van der Waals surface area contributed by atoms with Gasteiger partial charge in [0.1, 0.15) is 5.75 Å². The molecular formula is C9H14N4O2. The molecule has 0 saturated heterocycles. The normalized spacial score (nSPS) is 9.73. The number of hydrazine groups is 2. The van der Waals surface area contributed by atoms with Crippen LogP contribution in [0, 0.1) is 0 Å². The van der Waals surface area contributed by atoms with Gasteiger partial charge in [-0.3, -0.25) is 15.6 Å². The van der Waals surface area contributed by atoms with Gasteiger partial charge in [-0.2, -0.15) is 0 Å². The minimum Gasteiger partial charge on any atom is -0.477 e. The molecule has 0 aliphatic rings. The van der Waals surface area contributed by atoms with Crippen LogP contribution in [0.1, 0.15) is 10.4 Å². The number of carbonyl (C=O) groups is 1. The van der Waals surface area contributed by atoms with E-state index in [9.17, 15) is 4.79 Å². The summed E-state index contributed by atoms with van der Waals surface area (Å²) in [7, 11) is 1.75. The van der Waals surface area contributed by atoms with Crippen molar-refractivity contribution in [2.24, 2.45) is 5.84 Å². The van der Waals surface area contributed by atoms with Crippen molar-refractivity contribution < 1.29 is 9.53 Å². The molecule has 1 rings (SSSR count). The van der Waals surface area contributed by atoms with Crippen molar-refractivity contribution in [3.63, 3.8) is 0 Å². The average Bonchev–Trinajstić information content (AvgIpc) is 2.29. The number of hydrogen-bond acceptors (Lipinski definition) is 5. The van der Waals surface area contributed by atoms with Gasteiger partial charge in [-0.05, 0) is 31.3 Å².